The summed E-state index contributed by atoms with van der Waals surface area (Å²) in [7, 11) is 0. The molecule has 0 aromatic carbocycles. The summed E-state index contributed by atoms with van der Waals surface area (Å²) < 4.78 is 5.10. The van der Waals surface area contributed by atoms with Crippen molar-refractivity contribution in [2.75, 3.05) is 13.1 Å². The van der Waals surface area contributed by atoms with Gasteiger partial charge in [0, 0.05) is 13.5 Å². The lowest BCUT2D eigenvalue weighted by Gasteiger charge is -2.21. The standard InChI is InChI=1S/C8H15NO2/c1-3-9-6-4-5-8(9)11-7(2)10/h8H,3-6H2,1-2H3/t8-/m0/s1. The first-order chi connectivity index (χ1) is 5.24. The van der Waals surface area contributed by atoms with Crippen LogP contribution in [-0.4, -0.2) is 30.2 Å². The molecule has 11 heavy (non-hydrogen) atoms. The molecule has 0 bridgehead atoms. The van der Waals surface area contributed by atoms with Crippen molar-refractivity contribution in [1.29, 1.82) is 0 Å². The minimum Gasteiger partial charge on any atom is -0.447 e. The largest absolute Gasteiger partial charge is 0.447 e. The molecule has 1 saturated heterocycles. The van der Waals surface area contributed by atoms with Gasteiger partial charge in [-0.15, -0.1) is 0 Å². The van der Waals surface area contributed by atoms with E-state index in [1.807, 2.05) is 0 Å². The van der Waals surface area contributed by atoms with Crippen LogP contribution in [0.1, 0.15) is 26.7 Å². The highest BCUT2D eigenvalue weighted by molar-refractivity contribution is 5.66. The fraction of sp³-hybridized carbons (Fsp3) is 0.875. The van der Waals surface area contributed by atoms with Gasteiger partial charge in [0.1, 0.15) is 0 Å². The molecular weight excluding hydrogens is 142 g/mol. The SMILES string of the molecule is CCN1CCC[C@@H]1OC(C)=O. The summed E-state index contributed by atoms with van der Waals surface area (Å²) in [5.41, 5.74) is 0. The van der Waals surface area contributed by atoms with Crippen molar-refractivity contribution in [2.45, 2.75) is 32.9 Å². The molecule has 1 aliphatic heterocycles. The molecule has 1 aliphatic rings. The van der Waals surface area contributed by atoms with Gasteiger partial charge < -0.3 is 4.74 Å². The fourth-order valence-corrected chi connectivity index (χ4v) is 1.48. The summed E-state index contributed by atoms with van der Waals surface area (Å²) in [6.45, 7) is 5.58. The first-order valence-corrected chi connectivity index (χ1v) is 4.15. The summed E-state index contributed by atoms with van der Waals surface area (Å²) in [5.74, 6) is -0.171. The molecule has 1 atom stereocenters. The molecule has 1 heterocycles. The zero-order valence-corrected chi connectivity index (χ0v) is 7.17. The zero-order chi connectivity index (χ0) is 8.27. The molecule has 0 N–H and O–H groups in total. The quantitative estimate of drug-likeness (QED) is 0.560. The highest BCUT2D eigenvalue weighted by Crippen LogP contribution is 2.17. The summed E-state index contributed by atoms with van der Waals surface area (Å²) in [5, 5.41) is 0. The second-order valence-corrected chi connectivity index (χ2v) is 2.83. The van der Waals surface area contributed by atoms with Crippen LogP contribution in [0, 0.1) is 0 Å². The van der Waals surface area contributed by atoms with Gasteiger partial charge in [-0.3, -0.25) is 9.69 Å². The summed E-state index contributed by atoms with van der Waals surface area (Å²) in [6, 6.07) is 0. The van der Waals surface area contributed by atoms with Crippen molar-refractivity contribution >= 4 is 5.97 Å². The third-order valence-electron chi connectivity index (χ3n) is 2.01. The van der Waals surface area contributed by atoms with E-state index >= 15 is 0 Å². The number of likely N-dealkylation sites (tertiary alicyclic amines) is 1. The van der Waals surface area contributed by atoms with Crippen LogP contribution in [0.15, 0.2) is 0 Å². The van der Waals surface area contributed by atoms with Crippen LogP contribution in [0.3, 0.4) is 0 Å². The number of carbonyl (C=O) groups is 1. The van der Waals surface area contributed by atoms with Gasteiger partial charge in [0.25, 0.3) is 0 Å². The molecule has 0 aliphatic carbocycles. The van der Waals surface area contributed by atoms with Gasteiger partial charge >= 0.3 is 5.97 Å². The molecule has 1 rings (SSSR count). The van der Waals surface area contributed by atoms with E-state index < -0.39 is 0 Å². The first kappa shape index (κ1) is 8.53. The van der Waals surface area contributed by atoms with Crippen molar-refractivity contribution in [3.05, 3.63) is 0 Å². The Morgan fingerprint density at radius 1 is 1.73 bits per heavy atom. The van der Waals surface area contributed by atoms with E-state index in [1.165, 1.54) is 6.92 Å². The molecule has 0 amide bonds. The number of ether oxygens (including phenoxy) is 1. The summed E-state index contributed by atoms with van der Waals surface area (Å²) >= 11 is 0. The highest BCUT2D eigenvalue weighted by atomic mass is 16.6. The second kappa shape index (κ2) is 3.72. The Hall–Kier alpha value is -0.570. The lowest BCUT2D eigenvalue weighted by molar-refractivity contribution is -0.153. The maximum absolute atomic E-state index is 10.6. The molecule has 64 valence electrons. The molecule has 0 saturated carbocycles. The van der Waals surface area contributed by atoms with Crippen LogP contribution in [0.25, 0.3) is 0 Å². The molecule has 3 nitrogen and oxygen atoms in total. The maximum Gasteiger partial charge on any atom is 0.304 e. The van der Waals surface area contributed by atoms with E-state index in [-0.39, 0.29) is 12.2 Å². The summed E-state index contributed by atoms with van der Waals surface area (Å²) in [4.78, 5) is 12.8. The monoisotopic (exact) mass is 157 g/mol. The Kier molecular flexibility index (Phi) is 2.88. The minimum atomic E-state index is -0.171. The molecule has 0 aromatic rings. The van der Waals surface area contributed by atoms with Crippen molar-refractivity contribution in [3.63, 3.8) is 0 Å². The second-order valence-electron chi connectivity index (χ2n) is 2.83. The number of rotatable bonds is 2. The predicted molar refractivity (Wildman–Crippen MR) is 42.0 cm³/mol. The average Bonchev–Trinajstić information content (AvgIpc) is 2.34. The van der Waals surface area contributed by atoms with E-state index in [2.05, 4.69) is 11.8 Å². The van der Waals surface area contributed by atoms with E-state index in [0.717, 1.165) is 25.9 Å². The van der Waals surface area contributed by atoms with E-state index in [0.29, 0.717) is 0 Å². The Bertz CT molecular complexity index is 147. The van der Waals surface area contributed by atoms with Gasteiger partial charge in [-0.05, 0) is 19.4 Å². The molecule has 0 aromatic heterocycles. The lowest BCUT2D eigenvalue weighted by atomic mass is 10.4. The topological polar surface area (TPSA) is 29.5 Å². The van der Waals surface area contributed by atoms with Crippen LogP contribution >= 0.6 is 0 Å². The minimum absolute atomic E-state index is 0.0532. The van der Waals surface area contributed by atoms with Gasteiger partial charge in [-0.2, -0.15) is 0 Å². The Labute approximate surface area is 67.3 Å². The predicted octanol–water partition coefficient (Wildman–Crippen LogP) is 0.991. The molecular formula is C8H15NO2. The number of hydrogen-bond donors (Lipinski definition) is 0. The Morgan fingerprint density at radius 2 is 2.45 bits per heavy atom. The number of hydrogen-bond acceptors (Lipinski definition) is 3. The summed E-state index contributed by atoms with van der Waals surface area (Å²) in [6.07, 6.45) is 2.19. The van der Waals surface area contributed by atoms with Gasteiger partial charge in [-0.25, -0.2) is 0 Å². The van der Waals surface area contributed by atoms with Gasteiger partial charge in [0.15, 0.2) is 6.23 Å². The molecule has 1 fully saturated rings. The van der Waals surface area contributed by atoms with Gasteiger partial charge in [0.05, 0.1) is 0 Å². The third-order valence-corrected chi connectivity index (χ3v) is 2.01. The van der Waals surface area contributed by atoms with Crippen molar-refractivity contribution < 1.29 is 9.53 Å². The van der Waals surface area contributed by atoms with Gasteiger partial charge in [0.2, 0.25) is 0 Å². The van der Waals surface area contributed by atoms with E-state index in [1.54, 1.807) is 0 Å². The molecule has 0 spiro atoms. The van der Waals surface area contributed by atoms with Crippen molar-refractivity contribution in [2.24, 2.45) is 0 Å². The van der Waals surface area contributed by atoms with E-state index in [4.69, 9.17) is 4.74 Å². The van der Waals surface area contributed by atoms with Crippen molar-refractivity contribution in [3.8, 4) is 0 Å². The number of esters is 1. The Balaban J connectivity index is 2.37. The maximum atomic E-state index is 10.6. The molecule has 0 unspecified atom stereocenters. The zero-order valence-electron chi connectivity index (χ0n) is 7.17. The first-order valence-electron chi connectivity index (χ1n) is 4.15. The van der Waals surface area contributed by atoms with Crippen LogP contribution < -0.4 is 0 Å². The van der Waals surface area contributed by atoms with Gasteiger partial charge in [-0.1, -0.05) is 6.92 Å². The van der Waals surface area contributed by atoms with Crippen molar-refractivity contribution in [1.82, 2.24) is 4.90 Å². The smallest absolute Gasteiger partial charge is 0.304 e. The third kappa shape index (κ3) is 2.19. The van der Waals surface area contributed by atoms with Crippen LogP contribution in [0.2, 0.25) is 0 Å². The highest BCUT2D eigenvalue weighted by Gasteiger charge is 2.24. The molecule has 0 radical (unpaired) electrons. The average molecular weight is 157 g/mol. The van der Waals surface area contributed by atoms with Crippen LogP contribution in [0.4, 0.5) is 0 Å². The van der Waals surface area contributed by atoms with E-state index in [9.17, 15) is 4.79 Å². The van der Waals surface area contributed by atoms with Crippen LogP contribution in [0.5, 0.6) is 0 Å². The lowest BCUT2D eigenvalue weighted by Crippen LogP contribution is -2.32. The molecule has 3 heteroatoms. The Morgan fingerprint density at radius 3 is 3.00 bits per heavy atom. The fourth-order valence-electron chi connectivity index (χ4n) is 1.48. The van der Waals surface area contributed by atoms with Crippen LogP contribution in [-0.2, 0) is 9.53 Å². The normalized spacial score (nSPS) is 25.5. The number of carbonyl (C=O) groups excluding carboxylic acids is 1. The number of nitrogens with zero attached hydrogens (tertiary/aromatic N) is 1.